The normalized spacial score (nSPS) is 21.7. The third-order valence-electron chi connectivity index (χ3n) is 6.38. The first kappa shape index (κ1) is 20.2. The van der Waals surface area contributed by atoms with E-state index >= 15 is 0 Å². The SMILES string of the molecule is CC1CCCCN1C(=O)CN1CCN(CCCn2c(=O)oc3ccccc32)CC1. The van der Waals surface area contributed by atoms with E-state index in [2.05, 4.69) is 21.6 Å². The van der Waals surface area contributed by atoms with Crippen LogP contribution in [0.2, 0.25) is 0 Å². The molecule has 0 N–H and O–H groups in total. The number of piperidine rings is 1. The molecule has 0 radical (unpaired) electrons. The highest BCUT2D eigenvalue weighted by Gasteiger charge is 2.26. The Kier molecular flexibility index (Phi) is 6.35. The quantitative estimate of drug-likeness (QED) is 0.742. The van der Waals surface area contributed by atoms with Gasteiger partial charge in [-0.3, -0.25) is 14.3 Å². The second-order valence-electron chi connectivity index (χ2n) is 8.39. The van der Waals surface area contributed by atoms with Crippen LogP contribution in [-0.4, -0.2) is 77.0 Å². The summed E-state index contributed by atoms with van der Waals surface area (Å²) >= 11 is 0. The van der Waals surface area contributed by atoms with Crippen LogP contribution in [0.3, 0.4) is 0 Å². The third-order valence-corrected chi connectivity index (χ3v) is 6.38. The molecule has 1 atom stereocenters. The summed E-state index contributed by atoms with van der Waals surface area (Å²) in [6, 6.07) is 7.96. The fourth-order valence-corrected chi connectivity index (χ4v) is 4.60. The molecule has 2 aliphatic heterocycles. The first-order chi connectivity index (χ1) is 14.1. The van der Waals surface area contributed by atoms with Gasteiger partial charge in [0.1, 0.15) is 0 Å². The van der Waals surface area contributed by atoms with Crippen molar-refractivity contribution in [2.75, 3.05) is 45.8 Å². The van der Waals surface area contributed by atoms with E-state index in [1.54, 1.807) is 4.57 Å². The van der Waals surface area contributed by atoms with Crippen molar-refractivity contribution in [3.05, 3.63) is 34.8 Å². The van der Waals surface area contributed by atoms with Crippen molar-refractivity contribution in [1.82, 2.24) is 19.3 Å². The number of likely N-dealkylation sites (tertiary alicyclic amines) is 1. The molecule has 1 unspecified atom stereocenters. The van der Waals surface area contributed by atoms with Crippen LogP contribution in [-0.2, 0) is 11.3 Å². The monoisotopic (exact) mass is 400 g/mol. The molecule has 0 saturated carbocycles. The summed E-state index contributed by atoms with van der Waals surface area (Å²) in [5.41, 5.74) is 1.52. The van der Waals surface area contributed by atoms with Gasteiger partial charge < -0.3 is 14.2 Å². The van der Waals surface area contributed by atoms with Gasteiger partial charge in [0.25, 0.3) is 0 Å². The predicted octanol–water partition coefficient (Wildman–Crippen LogP) is 2.00. The van der Waals surface area contributed by atoms with Crippen LogP contribution in [0, 0.1) is 0 Å². The van der Waals surface area contributed by atoms with E-state index in [1.165, 1.54) is 6.42 Å². The van der Waals surface area contributed by atoms with Crippen LogP contribution in [0.5, 0.6) is 0 Å². The summed E-state index contributed by atoms with van der Waals surface area (Å²) in [7, 11) is 0. The number of benzene rings is 1. The molecule has 1 aromatic carbocycles. The van der Waals surface area contributed by atoms with Gasteiger partial charge in [-0.1, -0.05) is 12.1 Å². The molecule has 7 heteroatoms. The molecule has 0 spiro atoms. The number of nitrogens with zero attached hydrogens (tertiary/aromatic N) is 4. The average molecular weight is 401 g/mol. The lowest BCUT2D eigenvalue weighted by atomic mass is 10.0. The summed E-state index contributed by atoms with van der Waals surface area (Å²) < 4.78 is 7.03. The molecule has 2 aromatic rings. The van der Waals surface area contributed by atoms with Crippen molar-refractivity contribution in [3.8, 4) is 0 Å². The largest absolute Gasteiger partial charge is 0.419 e. The molecule has 2 fully saturated rings. The predicted molar refractivity (Wildman–Crippen MR) is 113 cm³/mol. The maximum atomic E-state index is 12.6. The Bertz CT molecular complexity index is 882. The van der Waals surface area contributed by atoms with Gasteiger partial charge in [0.05, 0.1) is 12.1 Å². The molecule has 4 rings (SSSR count). The Balaban J connectivity index is 1.20. The van der Waals surface area contributed by atoms with Gasteiger partial charge in [-0.2, -0.15) is 0 Å². The van der Waals surface area contributed by atoms with E-state index in [0.29, 0.717) is 24.7 Å². The van der Waals surface area contributed by atoms with E-state index in [0.717, 1.165) is 64.0 Å². The fraction of sp³-hybridized carbons (Fsp3) is 0.636. The van der Waals surface area contributed by atoms with Gasteiger partial charge in [0.2, 0.25) is 5.91 Å². The average Bonchev–Trinajstić information content (AvgIpc) is 3.05. The Labute approximate surface area is 171 Å². The number of rotatable bonds is 6. The van der Waals surface area contributed by atoms with Crippen molar-refractivity contribution < 1.29 is 9.21 Å². The molecule has 1 aromatic heterocycles. The molecular weight excluding hydrogens is 368 g/mol. The Morgan fingerprint density at radius 2 is 1.79 bits per heavy atom. The summed E-state index contributed by atoms with van der Waals surface area (Å²) in [4.78, 5) is 31.5. The number of para-hydroxylation sites is 2. The van der Waals surface area contributed by atoms with Gasteiger partial charge >= 0.3 is 5.76 Å². The molecule has 0 bridgehead atoms. The van der Waals surface area contributed by atoms with E-state index in [4.69, 9.17) is 4.42 Å². The summed E-state index contributed by atoms with van der Waals surface area (Å²) in [5.74, 6) is 0.0123. The number of aromatic nitrogens is 1. The lowest BCUT2D eigenvalue weighted by Crippen LogP contribution is -2.52. The number of carbonyl (C=O) groups is 1. The number of piperazine rings is 1. The van der Waals surface area contributed by atoms with Crippen LogP contribution < -0.4 is 5.76 Å². The standard InChI is InChI=1S/C22H32N4O3/c1-18-7-4-5-11-25(18)21(27)17-24-15-13-23(14-16-24)10-6-12-26-19-8-2-3-9-20(19)29-22(26)28/h2-3,8-9,18H,4-7,10-17H2,1H3. The molecule has 2 saturated heterocycles. The molecule has 2 aliphatic rings. The number of hydrogen-bond acceptors (Lipinski definition) is 5. The van der Waals surface area contributed by atoms with E-state index < -0.39 is 0 Å². The highest BCUT2D eigenvalue weighted by Crippen LogP contribution is 2.17. The number of aryl methyl sites for hydroxylation is 1. The third kappa shape index (κ3) is 4.73. The summed E-state index contributed by atoms with van der Waals surface area (Å²) in [6.45, 7) is 9.08. The van der Waals surface area contributed by atoms with Crippen LogP contribution in [0.4, 0.5) is 0 Å². The van der Waals surface area contributed by atoms with E-state index in [-0.39, 0.29) is 11.7 Å². The number of hydrogen-bond donors (Lipinski definition) is 0. The minimum Gasteiger partial charge on any atom is -0.408 e. The zero-order chi connectivity index (χ0) is 20.2. The van der Waals surface area contributed by atoms with Gasteiger partial charge in [-0.05, 0) is 51.3 Å². The van der Waals surface area contributed by atoms with E-state index in [9.17, 15) is 9.59 Å². The molecule has 1 amide bonds. The first-order valence-corrected chi connectivity index (χ1v) is 10.9. The Morgan fingerprint density at radius 1 is 1.03 bits per heavy atom. The van der Waals surface area contributed by atoms with Crippen LogP contribution in [0.1, 0.15) is 32.6 Å². The molecule has 29 heavy (non-hydrogen) atoms. The van der Waals surface area contributed by atoms with Crippen LogP contribution >= 0.6 is 0 Å². The topological polar surface area (TPSA) is 61.9 Å². The first-order valence-electron chi connectivity index (χ1n) is 10.9. The highest BCUT2D eigenvalue weighted by molar-refractivity contribution is 5.78. The number of oxazole rings is 1. The second kappa shape index (κ2) is 9.13. The van der Waals surface area contributed by atoms with Crippen molar-refractivity contribution >= 4 is 17.0 Å². The lowest BCUT2D eigenvalue weighted by molar-refractivity contribution is -0.136. The van der Waals surface area contributed by atoms with E-state index in [1.807, 2.05) is 24.3 Å². The van der Waals surface area contributed by atoms with Crippen molar-refractivity contribution in [2.24, 2.45) is 0 Å². The van der Waals surface area contributed by atoms with Crippen molar-refractivity contribution in [3.63, 3.8) is 0 Å². The van der Waals surface area contributed by atoms with Crippen molar-refractivity contribution in [1.29, 1.82) is 0 Å². The fourth-order valence-electron chi connectivity index (χ4n) is 4.60. The van der Waals surface area contributed by atoms with Gasteiger partial charge in [0.15, 0.2) is 5.58 Å². The Hall–Kier alpha value is -2.12. The number of fused-ring (bicyclic) bond motifs is 1. The zero-order valence-corrected chi connectivity index (χ0v) is 17.4. The zero-order valence-electron chi connectivity index (χ0n) is 17.4. The minimum absolute atomic E-state index is 0.276. The summed E-state index contributed by atoms with van der Waals surface area (Å²) in [5, 5.41) is 0. The maximum absolute atomic E-state index is 12.6. The highest BCUT2D eigenvalue weighted by atomic mass is 16.4. The molecular formula is C22H32N4O3. The van der Waals surface area contributed by atoms with Gasteiger partial charge in [-0.15, -0.1) is 0 Å². The van der Waals surface area contributed by atoms with Gasteiger partial charge in [-0.25, -0.2) is 4.79 Å². The molecule has 0 aliphatic carbocycles. The Morgan fingerprint density at radius 3 is 2.59 bits per heavy atom. The van der Waals surface area contributed by atoms with Crippen LogP contribution in [0.25, 0.3) is 11.1 Å². The van der Waals surface area contributed by atoms with Crippen LogP contribution in [0.15, 0.2) is 33.5 Å². The summed E-state index contributed by atoms with van der Waals surface area (Å²) in [6.07, 6.45) is 4.42. The molecule has 3 heterocycles. The van der Waals surface area contributed by atoms with Crippen molar-refractivity contribution in [2.45, 2.75) is 45.2 Å². The smallest absolute Gasteiger partial charge is 0.408 e. The lowest BCUT2D eigenvalue weighted by Gasteiger charge is -2.38. The van der Waals surface area contributed by atoms with Gasteiger partial charge in [0, 0.05) is 45.3 Å². The maximum Gasteiger partial charge on any atom is 0.419 e. The molecule has 7 nitrogen and oxygen atoms in total. The molecule has 158 valence electrons. The second-order valence-corrected chi connectivity index (χ2v) is 8.39. The number of carbonyl (C=O) groups excluding carboxylic acids is 1. The number of amides is 1. The minimum atomic E-state index is -0.276.